The minimum absolute atomic E-state index is 0.133. The number of likely N-dealkylation sites (N-methyl/N-ethyl adjacent to an activating group) is 1. The Morgan fingerprint density at radius 3 is 2.65 bits per heavy atom. The van der Waals surface area contributed by atoms with Gasteiger partial charge in [0.1, 0.15) is 23.5 Å². The second-order valence-corrected chi connectivity index (χ2v) is 5.94. The second kappa shape index (κ2) is 6.45. The summed E-state index contributed by atoms with van der Waals surface area (Å²) in [5.74, 6) is 0.522. The van der Waals surface area contributed by atoms with Gasteiger partial charge in [0.2, 0.25) is 5.91 Å². The Morgan fingerprint density at radius 1 is 1.22 bits per heavy atom. The van der Waals surface area contributed by atoms with Crippen LogP contribution < -0.4 is 4.90 Å². The zero-order valence-corrected chi connectivity index (χ0v) is 13.4. The quantitative estimate of drug-likeness (QED) is 0.845. The number of carbonyl (C=O) groups is 1. The van der Waals surface area contributed by atoms with Crippen LogP contribution in [0.25, 0.3) is 10.9 Å². The summed E-state index contributed by atoms with van der Waals surface area (Å²) in [4.78, 5) is 26.3. The van der Waals surface area contributed by atoms with Crippen molar-refractivity contribution in [3.63, 3.8) is 0 Å². The molecule has 23 heavy (non-hydrogen) atoms. The molecular weight excluding hydrogens is 297 g/mol. The van der Waals surface area contributed by atoms with Crippen LogP contribution in [0, 0.1) is 5.82 Å². The van der Waals surface area contributed by atoms with Crippen LogP contribution in [-0.2, 0) is 4.79 Å². The zero-order valence-electron chi connectivity index (χ0n) is 13.4. The zero-order chi connectivity index (χ0) is 16.4. The lowest BCUT2D eigenvalue weighted by Gasteiger charge is -2.36. The SMILES string of the molecule is CN(C)CC(=O)N1CCN(c2ncnc3c(F)cccc23)CC1. The highest BCUT2D eigenvalue weighted by Gasteiger charge is 2.23. The molecule has 1 aromatic carbocycles. The summed E-state index contributed by atoms with van der Waals surface area (Å²) >= 11 is 0. The Hall–Kier alpha value is -2.28. The van der Waals surface area contributed by atoms with E-state index in [0.717, 1.165) is 5.82 Å². The Morgan fingerprint density at radius 2 is 1.96 bits per heavy atom. The van der Waals surface area contributed by atoms with E-state index >= 15 is 0 Å². The fourth-order valence-electron chi connectivity index (χ4n) is 2.83. The van der Waals surface area contributed by atoms with E-state index in [4.69, 9.17) is 0 Å². The maximum Gasteiger partial charge on any atom is 0.236 e. The molecule has 2 heterocycles. The average molecular weight is 317 g/mol. The lowest BCUT2D eigenvalue weighted by atomic mass is 10.2. The number of hydrogen-bond acceptors (Lipinski definition) is 5. The average Bonchev–Trinajstić information content (AvgIpc) is 2.54. The van der Waals surface area contributed by atoms with E-state index in [9.17, 15) is 9.18 Å². The summed E-state index contributed by atoms with van der Waals surface area (Å²) in [5.41, 5.74) is 0.337. The highest BCUT2D eigenvalue weighted by atomic mass is 19.1. The van der Waals surface area contributed by atoms with Crippen molar-refractivity contribution in [3.8, 4) is 0 Å². The van der Waals surface area contributed by atoms with Gasteiger partial charge in [-0.1, -0.05) is 6.07 Å². The number of halogens is 1. The fraction of sp³-hybridized carbons (Fsp3) is 0.438. The summed E-state index contributed by atoms with van der Waals surface area (Å²) < 4.78 is 13.9. The fourth-order valence-corrected chi connectivity index (χ4v) is 2.83. The first-order chi connectivity index (χ1) is 11.1. The van der Waals surface area contributed by atoms with E-state index in [1.807, 2.05) is 30.0 Å². The smallest absolute Gasteiger partial charge is 0.236 e. The van der Waals surface area contributed by atoms with Crippen LogP contribution in [0.5, 0.6) is 0 Å². The van der Waals surface area contributed by atoms with Crippen molar-refractivity contribution in [1.29, 1.82) is 0 Å². The van der Waals surface area contributed by atoms with Crippen molar-refractivity contribution in [3.05, 3.63) is 30.3 Å². The summed E-state index contributed by atoms with van der Waals surface area (Å²) in [6, 6.07) is 4.90. The Kier molecular flexibility index (Phi) is 4.38. The van der Waals surface area contributed by atoms with Crippen LogP contribution in [0.15, 0.2) is 24.5 Å². The van der Waals surface area contributed by atoms with Crippen molar-refractivity contribution in [2.45, 2.75) is 0 Å². The molecule has 1 saturated heterocycles. The monoisotopic (exact) mass is 317 g/mol. The number of fused-ring (bicyclic) bond motifs is 1. The third-order valence-corrected chi connectivity index (χ3v) is 3.98. The number of anilines is 1. The Balaban J connectivity index is 1.76. The highest BCUT2D eigenvalue weighted by molar-refractivity contribution is 5.89. The first-order valence-electron chi connectivity index (χ1n) is 7.63. The topological polar surface area (TPSA) is 52.6 Å². The van der Waals surface area contributed by atoms with E-state index in [1.54, 1.807) is 6.07 Å². The molecule has 2 aromatic rings. The minimum Gasteiger partial charge on any atom is -0.352 e. The maximum absolute atomic E-state index is 13.9. The number of rotatable bonds is 3. The Bertz CT molecular complexity index is 713. The standard InChI is InChI=1S/C16H20FN5O/c1-20(2)10-14(23)21-6-8-22(9-7-21)16-12-4-3-5-13(17)15(12)18-11-19-16/h3-5,11H,6-10H2,1-2H3. The molecular formula is C16H20FN5O. The van der Waals surface area contributed by atoms with Gasteiger partial charge in [0, 0.05) is 31.6 Å². The lowest BCUT2D eigenvalue weighted by Crippen LogP contribution is -2.51. The van der Waals surface area contributed by atoms with E-state index in [-0.39, 0.29) is 11.7 Å². The van der Waals surface area contributed by atoms with Crippen molar-refractivity contribution >= 4 is 22.6 Å². The molecule has 1 fully saturated rings. The molecule has 3 rings (SSSR count). The van der Waals surface area contributed by atoms with E-state index < -0.39 is 0 Å². The normalized spacial score (nSPS) is 15.5. The van der Waals surface area contributed by atoms with Gasteiger partial charge in [0.15, 0.2) is 0 Å². The first-order valence-corrected chi connectivity index (χ1v) is 7.63. The molecule has 1 aliphatic heterocycles. The third-order valence-electron chi connectivity index (χ3n) is 3.98. The number of amides is 1. The predicted molar refractivity (Wildman–Crippen MR) is 86.8 cm³/mol. The molecule has 0 atom stereocenters. The summed E-state index contributed by atoms with van der Waals surface area (Å²) in [5, 5.41) is 0.709. The Labute approximate surface area is 134 Å². The molecule has 0 unspecified atom stereocenters. The van der Waals surface area contributed by atoms with Gasteiger partial charge < -0.3 is 14.7 Å². The van der Waals surface area contributed by atoms with Crippen LogP contribution in [0.4, 0.5) is 10.2 Å². The molecule has 0 spiro atoms. The molecule has 1 aliphatic rings. The third kappa shape index (κ3) is 3.24. The second-order valence-electron chi connectivity index (χ2n) is 5.94. The molecule has 7 heteroatoms. The molecule has 1 aromatic heterocycles. The number of para-hydroxylation sites is 1. The summed E-state index contributed by atoms with van der Waals surface area (Å²) in [7, 11) is 3.77. The van der Waals surface area contributed by atoms with Gasteiger partial charge in [0.25, 0.3) is 0 Å². The molecule has 0 bridgehead atoms. The number of piperazine rings is 1. The van der Waals surface area contributed by atoms with Crippen LogP contribution >= 0.6 is 0 Å². The molecule has 0 aliphatic carbocycles. The van der Waals surface area contributed by atoms with Crippen LogP contribution in [0.1, 0.15) is 0 Å². The van der Waals surface area contributed by atoms with E-state index in [2.05, 4.69) is 14.9 Å². The lowest BCUT2D eigenvalue weighted by molar-refractivity contribution is -0.132. The number of carbonyl (C=O) groups excluding carboxylic acids is 1. The van der Waals surface area contributed by atoms with Crippen LogP contribution in [0.2, 0.25) is 0 Å². The van der Waals surface area contributed by atoms with Gasteiger partial charge in [0.05, 0.1) is 6.54 Å². The number of benzene rings is 1. The van der Waals surface area contributed by atoms with Crippen LogP contribution in [-0.4, -0.2) is 72.5 Å². The largest absolute Gasteiger partial charge is 0.352 e. The molecule has 6 nitrogen and oxygen atoms in total. The molecule has 0 radical (unpaired) electrons. The van der Waals surface area contributed by atoms with Gasteiger partial charge in [-0.3, -0.25) is 4.79 Å². The molecule has 122 valence electrons. The van der Waals surface area contributed by atoms with Crippen molar-refractivity contribution in [2.75, 3.05) is 51.7 Å². The van der Waals surface area contributed by atoms with E-state index in [1.165, 1.54) is 12.4 Å². The number of hydrogen-bond donors (Lipinski definition) is 0. The van der Waals surface area contributed by atoms with Gasteiger partial charge in [-0.15, -0.1) is 0 Å². The first kappa shape index (κ1) is 15.6. The summed E-state index contributed by atoms with van der Waals surface area (Å²) in [6.45, 7) is 3.08. The predicted octanol–water partition coefficient (Wildman–Crippen LogP) is 0.979. The van der Waals surface area contributed by atoms with Crippen LogP contribution in [0.3, 0.4) is 0 Å². The van der Waals surface area contributed by atoms with Crippen molar-refractivity contribution in [2.24, 2.45) is 0 Å². The van der Waals surface area contributed by atoms with Gasteiger partial charge >= 0.3 is 0 Å². The molecule has 0 saturated carbocycles. The van der Waals surface area contributed by atoms with Gasteiger partial charge in [-0.05, 0) is 26.2 Å². The highest BCUT2D eigenvalue weighted by Crippen LogP contribution is 2.25. The summed E-state index contributed by atoms with van der Waals surface area (Å²) in [6.07, 6.45) is 1.39. The van der Waals surface area contributed by atoms with Crippen molar-refractivity contribution < 1.29 is 9.18 Å². The maximum atomic E-state index is 13.9. The molecule has 1 amide bonds. The van der Waals surface area contributed by atoms with Crippen molar-refractivity contribution in [1.82, 2.24) is 19.8 Å². The number of aromatic nitrogens is 2. The molecule has 0 N–H and O–H groups in total. The number of nitrogens with zero attached hydrogens (tertiary/aromatic N) is 5. The van der Waals surface area contributed by atoms with Gasteiger partial charge in [-0.2, -0.15) is 0 Å². The van der Waals surface area contributed by atoms with Gasteiger partial charge in [-0.25, -0.2) is 14.4 Å². The minimum atomic E-state index is -0.342. The van der Waals surface area contributed by atoms with E-state index in [0.29, 0.717) is 43.6 Å².